The van der Waals surface area contributed by atoms with Gasteiger partial charge >= 0.3 is 5.97 Å². The molecule has 1 aliphatic carbocycles. The van der Waals surface area contributed by atoms with Gasteiger partial charge in [-0.3, -0.25) is 0 Å². The van der Waals surface area contributed by atoms with E-state index in [-0.39, 0.29) is 12.1 Å². The lowest BCUT2D eigenvalue weighted by Crippen LogP contribution is -2.25. The number of carbonyl (C=O) groups excluding carboxylic acids is 1. The van der Waals surface area contributed by atoms with Crippen molar-refractivity contribution >= 4 is 5.97 Å². The Balaban J connectivity index is 1.66. The van der Waals surface area contributed by atoms with E-state index in [1.807, 2.05) is 24.3 Å². The minimum atomic E-state index is -0.248. The number of hydrogen-bond donors (Lipinski definition) is 0. The zero-order valence-electron chi connectivity index (χ0n) is 12.7. The Morgan fingerprint density at radius 1 is 1.14 bits per heavy atom. The maximum atomic E-state index is 12.3. The smallest absolute Gasteiger partial charge is 0.338 e. The molecule has 0 spiro atoms. The van der Waals surface area contributed by atoms with Gasteiger partial charge in [-0.1, -0.05) is 36.4 Å². The molecular formula is C19H20O3. The second-order valence-corrected chi connectivity index (χ2v) is 5.67. The molecule has 0 N–H and O–H groups in total. The molecule has 0 aromatic heterocycles. The van der Waals surface area contributed by atoms with Crippen molar-refractivity contribution in [2.24, 2.45) is 0 Å². The monoisotopic (exact) mass is 296 g/mol. The van der Waals surface area contributed by atoms with Crippen LogP contribution < -0.4 is 0 Å². The second-order valence-electron chi connectivity index (χ2n) is 5.67. The molecular weight excluding hydrogens is 276 g/mol. The van der Waals surface area contributed by atoms with E-state index in [0.29, 0.717) is 12.2 Å². The molecule has 0 saturated carbocycles. The predicted molar refractivity (Wildman–Crippen MR) is 84.8 cm³/mol. The molecule has 3 rings (SSSR count). The summed E-state index contributed by atoms with van der Waals surface area (Å²) < 4.78 is 10.8. The van der Waals surface area contributed by atoms with Crippen molar-refractivity contribution in [2.75, 3.05) is 7.11 Å². The lowest BCUT2D eigenvalue weighted by Gasteiger charge is -2.24. The first-order valence-corrected chi connectivity index (χ1v) is 7.62. The zero-order valence-corrected chi connectivity index (χ0v) is 12.7. The fourth-order valence-electron chi connectivity index (χ4n) is 2.94. The second kappa shape index (κ2) is 6.75. The molecule has 22 heavy (non-hydrogen) atoms. The SMILES string of the molecule is COCc1cccc(C(=O)OC2CCc3ccccc3C2)c1. The van der Waals surface area contributed by atoms with Crippen molar-refractivity contribution in [3.8, 4) is 0 Å². The van der Waals surface area contributed by atoms with Crippen LogP contribution in [0.2, 0.25) is 0 Å². The Labute approximate surface area is 130 Å². The van der Waals surface area contributed by atoms with Gasteiger partial charge in [0.1, 0.15) is 6.10 Å². The topological polar surface area (TPSA) is 35.5 Å². The van der Waals surface area contributed by atoms with Crippen molar-refractivity contribution < 1.29 is 14.3 Å². The van der Waals surface area contributed by atoms with Crippen molar-refractivity contribution in [1.82, 2.24) is 0 Å². The lowest BCUT2D eigenvalue weighted by atomic mass is 9.90. The summed E-state index contributed by atoms with van der Waals surface area (Å²) in [6.45, 7) is 0.498. The number of ether oxygens (including phenoxy) is 2. The number of hydrogen-bond acceptors (Lipinski definition) is 3. The predicted octanol–water partition coefficient (Wildman–Crippen LogP) is 3.55. The van der Waals surface area contributed by atoms with Gasteiger partial charge in [-0.15, -0.1) is 0 Å². The van der Waals surface area contributed by atoms with Crippen LogP contribution in [0, 0.1) is 0 Å². The molecule has 0 heterocycles. The van der Waals surface area contributed by atoms with Crippen LogP contribution in [0.15, 0.2) is 48.5 Å². The Bertz CT molecular complexity index is 663. The summed E-state index contributed by atoms with van der Waals surface area (Å²) >= 11 is 0. The van der Waals surface area contributed by atoms with Crippen molar-refractivity contribution in [1.29, 1.82) is 0 Å². The number of fused-ring (bicyclic) bond motifs is 1. The number of esters is 1. The van der Waals surface area contributed by atoms with Crippen LogP contribution >= 0.6 is 0 Å². The Morgan fingerprint density at radius 3 is 2.77 bits per heavy atom. The average Bonchev–Trinajstić information content (AvgIpc) is 2.55. The third-order valence-electron chi connectivity index (χ3n) is 4.05. The van der Waals surface area contributed by atoms with Crippen LogP contribution in [0.5, 0.6) is 0 Å². The standard InChI is InChI=1S/C19H20O3/c1-21-13-14-5-4-8-17(11-14)19(20)22-18-10-9-15-6-2-3-7-16(15)12-18/h2-8,11,18H,9-10,12-13H2,1H3. The molecule has 2 aromatic carbocycles. The Morgan fingerprint density at radius 2 is 1.95 bits per heavy atom. The Kier molecular flexibility index (Phi) is 4.54. The van der Waals surface area contributed by atoms with Crippen molar-refractivity contribution in [2.45, 2.75) is 32.0 Å². The molecule has 1 aliphatic rings. The largest absolute Gasteiger partial charge is 0.458 e. The fourth-order valence-corrected chi connectivity index (χ4v) is 2.94. The number of methoxy groups -OCH3 is 1. The van der Waals surface area contributed by atoms with Gasteiger partial charge < -0.3 is 9.47 Å². The van der Waals surface area contributed by atoms with Gasteiger partial charge in [-0.05, 0) is 41.7 Å². The molecule has 3 heteroatoms. The summed E-state index contributed by atoms with van der Waals surface area (Å²) in [6.07, 6.45) is 2.63. The van der Waals surface area contributed by atoms with E-state index in [1.54, 1.807) is 13.2 Å². The first-order valence-electron chi connectivity index (χ1n) is 7.62. The number of rotatable bonds is 4. The number of aryl methyl sites for hydroxylation is 1. The maximum Gasteiger partial charge on any atom is 0.338 e. The van der Waals surface area contributed by atoms with Gasteiger partial charge in [0.15, 0.2) is 0 Å². The van der Waals surface area contributed by atoms with Crippen LogP contribution in [-0.4, -0.2) is 19.2 Å². The van der Waals surface area contributed by atoms with E-state index in [9.17, 15) is 4.79 Å². The number of carbonyl (C=O) groups is 1. The highest BCUT2D eigenvalue weighted by molar-refractivity contribution is 5.89. The summed E-state index contributed by atoms with van der Waals surface area (Å²) in [5.74, 6) is -0.248. The number of benzene rings is 2. The zero-order chi connectivity index (χ0) is 15.4. The minimum absolute atomic E-state index is 0.0338. The van der Waals surface area contributed by atoms with Crippen LogP contribution in [0.25, 0.3) is 0 Å². The highest BCUT2D eigenvalue weighted by atomic mass is 16.5. The minimum Gasteiger partial charge on any atom is -0.458 e. The molecule has 0 saturated heterocycles. The summed E-state index contributed by atoms with van der Waals surface area (Å²) in [5, 5.41) is 0. The van der Waals surface area contributed by atoms with Gasteiger partial charge in [0.05, 0.1) is 12.2 Å². The van der Waals surface area contributed by atoms with Crippen LogP contribution in [0.3, 0.4) is 0 Å². The van der Waals surface area contributed by atoms with Gasteiger partial charge in [0, 0.05) is 13.5 Å². The van der Waals surface area contributed by atoms with E-state index >= 15 is 0 Å². The third kappa shape index (κ3) is 3.37. The first kappa shape index (κ1) is 14.8. The van der Waals surface area contributed by atoms with Crippen LogP contribution in [0.1, 0.15) is 33.5 Å². The highest BCUT2D eigenvalue weighted by Gasteiger charge is 2.22. The molecule has 0 aliphatic heterocycles. The van der Waals surface area contributed by atoms with Crippen LogP contribution in [-0.2, 0) is 28.9 Å². The molecule has 0 fully saturated rings. The molecule has 2 aromatic rings. The molecule has 0 amide bonds. The van der Waals surface area contributed by atoms with Crippen molar-refractivity contribution in [3.63, 3.8) is 0 Å². The highest BCUT2D eigenvalue weighted by Crippen LogP contribution is 2.23. The molecule has 1 atom stereocenters. The maximum absolute atomic E-state index is 12.3. The normalized spacial score (nSPS) is 16.9. The molecule has 1 unspecified atom stereocenters. The van der Waals surface area contributed by atoms with Gasteiger partial charge in [0.2, 0.25) is 0 Å². The summed E-state index contributed by atoms with van der Waals surface area (Å²) in [4.78, 5) is 12.3. The summed E-state index contributed by atoms with van der Waals surface area (Å²) in [7, 11) is 1.64. The van der Waals surface area contributed by atoms with E-state index in [4.69, 9.17) is 9.47 Å². The van der Waals surface area contributed by atoms with Gasteiger partial charge in [0.25, 0.3) is 0 Å². The van der Waals surface area contributed by atoms with Gasteiger partial charge in [-0.2, -0.15) is 0 Å². The molecule has 0 radical (unpaired) electrons. The fraction of sp³-hybridized carbons (Fsp3) is 0.316. The van der Waals surface area contributed by atoms with E-state index in [0.717, 1.165) is 24.8 Å². The molecule has 114 valence electrons. The van der Waals surface area contributed by atoms with E-state index < -0.39 is 0 Å². The van der Waals surface area contributed by atoms with Gasteiger partial charge in [-0.25, -0.2) is 4.79 Å². The lowest BCUT2D eigenvalue weighted by molar-refractivity contribution is 0.0270. The van der Waals surface area contributed by atoms with E-state index in [1.165, 1.54) is 11.1 Å². The summed E-state index contributed by atoms with van der Waals surface area (Å²) in [6, 6.07) is 15.8. The van der Waals surface area contributed by atoms with E-state index in [2.05, 4.69) is 18.2 Å². The van der Waals surface area contributed by atoms with Crippen LogP contribution in [0.4, 0.5) is 0 Å². The average molecular weight is 296 g/mol. The Hall–Kier alpha value is -2.13. The first-order chi connectivity index (χ1) is 10.8. The summed E-state index contributed by atoms with van der Waals surface area (Å²) in [5.41, 5.74) is 4.23. The quantitative estimate of drug-likeness (QED) is 0.809. The molecule has 0 bridgehead atoms. The van der Waals surface area contributed by atoms with Crippen molar-refractivity contribution in [3.05, 3.63) is 70.8 Å². The third-order valence-corrected chi connectivity index (χ3v) is 4.05. The molecule has 3 nitrogen and oxygen atoms in total.